The molecule has 0 saturated carbocycles. The molecule has 1 unspecified atom stereocenters. The summed E-state index contributed by atoms with van der Waals surface area (Å²) < 4.78 is 11.3. The van der Waals surface area contributed by atoms with Crippen LogP contribution in [0.3, 0.4) is 0 Å². The van der Waals surface area contributed by atoms with Crippen LogP contribution in [0.25, 0.3) is 0 Å². The maximum atomic E-state index is 14.0. The molecule has 2 aliphatic rings. The summed E-state index contributed by atoms with van der Waals surface area (Å²) in [6.45, 7) is 7.57. The zero-order valence-corrected chi connectivity index (χ0v) is 26.1. The molecule has 3 aromatic carbocycles. The maximum Gasteiger partial charge on any atom is 0.337 e. The van der Waals surface area contributed by atoms with Crippen molar-refractivity contribution in [2.45, 2.75) is 51.0 Å². The molecule has 2 aliphatic heterocycles. The molecule has 0 amide bonds. The summed E-state index contributed by atoms with van der Waals surface area (Å²) in [6.07, 6.45) is 1.56. The highest BCUT2D eigenvalue weighted by Gasteiger charge is 2.43. The normalized spacial score (nSPS) is 20.2. The molecule has 9 heteroatoms. The molecule has 234 valence electrons. The predicted molar refractivity (Wildman–Crippen MR) is 171 cm³/mol. The molecule has 3 aromatic rings. The quantitative estimate of drug-likeness (QED) is 0.164. The van der Waals surface area contributed by atoms with Crippen molar-refractivity contribution >= 4 is 17.6 Å². The SMILES string of the molecule is COC(=O)C1=C(C)NC(C)=C(C(=O)O[C@]2(C)CCN(CCC(c3ccccc3)c3ccccc3)C2)C1c1cccc([N+](=O)[O-])c1. The van der Waals surface area contributed by atoms with Gasteiger partial charge in [0.05, 0.1) is 29.1 Å². The number of dihydropyridines is 1. The summed E-state index contributed by atoms with van der Waals surface area (Å²) in [5.41, 5.74) is 3.54. The van der Waals surface area contributed by atoms with Crippen molar-refractivity contribution in [1.29, 1.82) is 0 Å². The van der Waals surface area contributed by atoms with E-state index in [9.17, 15) is 19.7 Å². The highest BCUT2D eigenvalue weighted by molar-refractivity contribution is 6.00. The number of esters is 2. The number of benzene rings is 3. The molecule has 2 heterocycles. The van der Waals surface area contributed by atoms with Crippen LogP contribution >= 0.6 is 0 Å². The van der Waals surface area contributed by atoms with E-state index in [2.05, 4.69) is 58.7 Å². The van der Waals surface area contributed by atoms with E-state index in [0.29, 0.717) is 29.9 Å². The second-order valence-corrected chi connectivity index (χ2v) is 12.0. The summed E-state index contributed by atoms with van der Waals surface area (Å²) in [5, 5.41) is 14.7. The minimum Gasteiger partial charge on any atom is -0.466 e. The highest BCUT2D eigenvalue weighted by atomic mass is 16.6. The van der Waals surface area contributed by atoms with Crippen LogP contribution in [0.15, 0.2) is 107 Å². The summed E-state index contributed by atoms with van der Waals surface area (Å²) in [7, 11) is 1.27. The number of nitro benzene ring substituents is 1. The monoisotopic (exact) mass is 609 g/mol. The first kappa shape index (κ1) is 31.7. The van der Waals surface area contributed by atoms with Crippen molar-refractivity contribution in [2.75, 3.05) is 26.7 Å². The third kappa shape index (κ3) is 6.99. The van der Waals surface area contributed by atoms with Gasteiger partial charge in [0.2, 0.25) is 0 Å². The fourth-order valence-electron chi connectivity index (χ4n) is 6.58. The average molecular weight is 610 g/mol. The molecule has 5 rings (SSSR count). The number of hydrogen-bond donors (Lipinski definition) is 1. The van der Waals surface area contributed by atoms with Gasteiger partial charge in [-0.25, -0.2) is 9.59 Å². The lowest BCUT2D eigenvalue weighted by molar-refractivity contribution is -0.384. The molecule has 0 aliphatic carbocycles. The van der Waals surface area contributed by atoms with Crippen molar-refractivity contribution in [3.05, 3.63) is 134 Å². The second-order valence-electron chi connectivity index (χ2n) is 12.0. The summed E-state index contributed by atoms with van der Waals surface area (Å²) >= 11 is 0. The van der Waals surface area contributed by atoms with Crippen molar-refractivity contribution in [3.63, 3.8) is 0 Å². The summed E-state index contributed by atoms with van der Waals surface area (Å²) in [4.78, 5) is 40.5. The molecule has 45 heavy (non-hydrogen) atoms. The molecule has 2 atom stereocenters. The fraction of sp³-hybridized carbons (Fsp3) is 0.333. The van der Waals surface area contributed by atoms with E-state index in [1.54, 1.807) is 26.0 Å². The Labute approximate surface area is 263 Å². The third-order valence-corrected chi connectivity index (χ3v) is 8.79. The number of ether oxygens (including phenoxy) is 2. The Hall–Kier alpha value is -4.76. The Balaban J connectivity index is 1.35. The van der Waals surface area contributed by atoms with Gasteiger partial charge in [-0.3, -0.25) is 15.0 Å². The lowest BCUT2D eigenvalue weighted by atomic mass is 9.80. The molecular formula is C36H39N3O6. The lowest BCUT2D eigenvalue weighted by Gasteiger charge is -2.33. The molecule has 0 spiro atoms. The van der Waals surface area contributed by atoms with E-state index in [4.69, 9.17) is 9.47 Å². The number of nitrogens with zero attached hydrogens (tertiary/aromatic N) is 2. The lowest BCUT2D eigenvalue weighted by Crippen LogP contribution is -2.39. The Kier molecular flexibility index (Phi) is 9.48. The van der Waals surface area contributed by atoms with Gasteiger partial charge in [0, 0.05) is 49.0 Å². The van der Waals surface area contributed by atoms with Crippen LogP contribution in [0.5, 0.6) is 0 Å². The number of non-ortho nitro benzene ring substituents is 1. The van der Waals surface area contributed by atoms with E-state index >= 15 is 0 Å². The first-order valence-electron chi connectivity index (χ1n) is 15.2. The Morgan fingerprint density at radius 1 is 0.956 bits per heavy atom. The number of allylic oxidation sites excluding steroid dienone is 2. The Morgan fingerprint density at radius 3 is 2.13 bits per heavy atom. The topological polar surface area (TPSA) is 111 Å². The van der Waals surface area contributed by atoms with Gasteiger partial charge < -0.3 is 14.8 Å². The van der Waals surface area contributed by atoms with Gasteiger partial charge >= 0.3 is 11.9 Å². The first-order valence-corrected chi connectivity index (χ1v) is 15.2. The second kappa shape index (κ2) is 13.5. The van der Waals surface area contributed by atoms with Crippen molar-refractivity contribution in [1.82, 2.24) is 10.2 Å². The van der Waals surface area contributed by atoms with Crippen molar-refractivity contribution in [2.24, 2.45) is 0 Å². The zero-order valence-electron chi connectivity index (χ0n) is 26.1. The summed E-state index contributed by atoms with van der Waals surface area (Å²) in [5.74, 6) is -1.85. The molecular weight excluding hydrogens is 570 g/mol. The van der Waals surface area contributed by atoms with E-state index < -0.39 is 28.4 Å². The highest BCUT2D eigenvalue weighted by Crippen LogP contribution is 2.41. The summed E-state index contributed by atoms with van der Waals surface area (Å²) in [6, 6.07) is 27.0. The molecule has 1 saturated heterocycles. The largest absolute Gasteiger partial charge is 0.466 e. The van der Waals surface area contributed by atoms with Gasteiger partial charge in [-0.1, -0.05) is 72.8 Å². The van der Waals surface area contributed by atoms with Crippen LogP contribution in [0.2, 0.25) is 0 Å². The number of likely N-dealkylation sites (tertiary alicyclic amines) is 1. The van der Waals surface area contributed by atoms with Crippen LogP contribution in [0.1, 0.15) is 62.1 Å². The van der Waals surface area contributed by atoms with Crippen LogP contribution in [-0.2, 0) is 19.1 Å². The maximum absolute atomic E-state index is 14.0. The zero-order chi connectivity index (χ0) is 32.1. The van der Waals surface area contributed by atoms with Crippen molar-refractivity contribution in [3.8, 4) is 0 Å². The minimum atomic E-state index is -0.898. The molecule has 1 N–H and O–H groups in total. The third-order valence-electron chi connectivity index (χ3n) is 8.79. The van der Waals surface area contributed by atoms with Crippen LogP contribution in [-0.4, -0.2) is 54.1 Å². The Bertz CT molecular complexity index is 1600. The van der Waals surface area contributed by atoms with Crippen molar-refractivity contribution < 1.29 is 24.0 Å². The molecule has 1 fully saturated rings. The molecule has 0 bridgehead atoms. The Morgan fingerprint density at radius 2 is 1.56 bits per heavy atom. The molecule has 9 nitrogen and oxygen atoms in total. The van der Waals surface area contributed by atoms with Crippen LogP contribution in [0, 0.1) is 10.1 Å². The van der Waals surface area contributed by atoms with Gasteiger partial charge in [0.25, 0.3) is 5.69 Å². The predicted octanol–water partition coefficient (Wildman–Crippen LogP) is 6.23. The molecule has 0 radical (unpaired) electrons. The number of carbonyl (C=O) groups excluding carboxylic acids is 2. The number of nitro groups is 1. The van der Waals surface area contributed by atoms with E-state index in [1.807, 2.05) is 19.1 Å². The number of hydrogen-bond acceptors (Lipinski definition) is 8. The number of rotatable bonds is 10. The number of carbonyl (C=O) groups is 2. The number of methoxy groups -OCH3 is 1. The standard InChI is InChI=1S/C36H39N3O6/c1-24-31(34(40)44-4)33(28-16-11-17-29(22-28)39(42)43)32(25(2)37-24)35(41)45-36(3)19-21-38(23-36)20-18-30(26-12-7-5-8-13-26)27-14-9-6-10-15-27/h5-17,22,30,33,37H,18-21,23H2,1-4H3/t33?,36-/m1/s1. The van der Waals surface area contributed by atoms with Gasteiger partial charge in [-0.2, -0.15) is 0 Å². The first-order chi connectivity index (χ1) is 21.6. The fourth-order valence-corrected chi connectivity index (χ4v) is 6.58. The van der Waals surface area contributed by atoms with Gasteiger partial charge in [0.1, 0.15) is 5.60 Å². The average Bonchev–Trinajstić information content (AvgIpc) is 3.41. The smallest absolute Gasteiger partial charge is 0.337 e. The minimum absolute atomic E-state index is 0.138. The van der Waals surface area contributed by atoms with Gasteiger partial charge in [-0.15, -0.1) is 0 Å². The van der Waals surface area contributed by atoms with Gasteiger partial charge in [0.15, 0.2) is 0 Å². The van der Waals surface area contributed by atoms with Crippen LogP contribution in [0.4, 0.5) is 5.69 Å². The van der Waals surface area contributed by atoms with E-state index in [1.165, 1.54) is 30.4 Å². The van der Waals surface area contributed by atoms with E-state index in [-0.39, 0.29) is 22.8 Å². The van der Waals surface area contributed by atoms with Crippen LogP contribution < -0.4 is 5.32 Å². The number of nitrogens with one attached hydrogen (secondary N) is 1. The van der Waals surface area contributed by atoms with Gasteiger partial charge in [-0.05, 0) is 50.4 Å². The molecule has 0 aromatic heterocycles. The van der Waals surface area contributed by atoms with E-state index in [0.717, 1.165) is 19.5 Å².